The summed E-state index contributed by atoms with van der Waals surface area (Å²) in [4.78, 5) is 17.2. The van der Waals surface area contributed by atoms with E-state index in [0.717, 1.165) is 31.1 Å². The van der Waals surface area contributed by atoms with Gasteiger partial charge in [0.15, 0.2) is 6.61 Å². The smallest absolute Gasteiger partial charge is 0.265 e. The Kier molecular flexibility index (Phi) is 7.14. The third-order valence-electron chi connectivity index (χ3n) is 4.94. The quantitative estimate of drug-likeness (QED) is 0.665. The number of carbonyl (C=O) groups excluding carboxylic acids is 1. The Morgan fingerprint density at radius 1 is 0.964 bits per heavy atom. The second-order valence-corrected chi connectivity index (χ2v) is 6.73. The van der Waals surface area contributed by atoms with Crippen molar-refractivity contribution in [2.24, 2.45) is 0 Å². The van der Waals surface area contributed by atoms with E-state index in [1.165, 1.54) is 12.8 Å². The van der Waals surface area contributed by atoms with Crippen LogP contribution in [0.2, 0.25) is 0 Å². The molecule has 0 unspecified atom stereocenters. The maximum absolute atomic E-state index is 13.0. The lowest BCUT2D eigenvalue weighted by Crippen LogP contribution is -2.40. The van der Waals surface area contributed by atoms with Gasteiger partial charge < -0.3 is 24.0 Å². The minimum absolute atomic E-state index is 0.0373. The fourth-order valence-corrected chi connectivity index (χ4v) is 3.37. The van der Waals surface area contributed by atoms with Gasteiger partial charge in [-0.05, 0) is 62.3 Å². The van der Waals surface area contributed by atoms with Gasteiger partial charge in [0, 0.05) is 13.1 Å². The number of anilines is 1. The number of carbonyl (C=O) groups is 1. The Bertz CT molecular complexity index is 757. The molecule has 6 heteroatoms. The minimum Gasteiger partial charge on any atom is -0.497 e. The molecular weight excluding hydrogens is 356 g/mol. The summed E-state index contributed by atoms with van der Waals surface area (Å²) in [5.41, 5.74) is 0.771. The van der Waals surface area contributed by atoms with Crippen LogP contribution in [-0.2, 0) is 4.79 Å². The molecule has 6 nitrogen and oxygen atoms in total. The summed E-state index contributed by atoms with van der Waals surface area (Å²) in [5.74, 6) is 1.97. The normalized spacial score (nSPS) is 13.9. The summed E-state index contributed by atoms with van der Waals surface area (Å²) in [6.07, 6.45) is 2.45. The lowest BCUT2D eigenvalue weighted by Gasteiger charge is -2.27. The first kappa shape index (κ1) is 20.0. The monoisotopic (exact) mass is 384 g/mol. The average molecular weight is 384 g/mol. The Labute approximate surface area is 166 Å². The second-order valence-electron chi connectivity index (χ2n) is 6.73. The molecule has 0 aromatic heterocycles. The summed E-state index contributed by atoms with van der Waals surface area (Å²) in [5, 5.41) is 0. The molecule has 0 aliphatic carbocycles. The van der Waals surface area contributed by atoms with E-state index in [9.17, 15) is 4.79 Å². The molecule has 1 amide bonds. The summed E-state index contributed by atoms with van der Waals surface area (Å²) in [6, 6.07) is 14.8. The van der Waals surface area contributed by atoms with Crippen LogP contribution in [0.3, 0.4) is 0 Å². The van der Waals surface area contributed by atoms with E-state index >= 15 is 0 Å². The Hall–Kier alpha value is -2.73. The minimum atomic E-state index is -0.0977. The highest BCUT2D eigenvalue weighted by atomic mass is 16.5. The van der Waals surface area contributed by atoms with Crippen LogP contribution in [0, 0.1) is 0 Å². The number of amides is 1. The van der Waals surface area contributed by atoms with Crippen LogP contribution in [0.1, 0.15) is 12.8 Å². The van der Waals surface area contributed by atoms with Crippen molar-refractivity contribution >= 4 is 11.6 Å². The van der Waals surface area contributed by atoms with Crippen LogP contribution >= 0.6 is 0 Å². The van der Waals surface area contributed by atoms with Gasteiger partial charge in [-0.15, -0.1) is 0 Å². The van der Waals surface area contributed by atoms with Crippen molar-refractivity contribution in [1.82, 2.24) is 4.90 Å². The lowest BCUT2D eigenvalue weighted by molar-refractivity contribution is -0.120. The molecule has 0 radical (unpaired) electrons. The van der Waals surface area contributed by atoms with Crippen LogP contribution in [0.5, 0.6) is 17.2 Å². The van der Waals surface area contributed by atoms with Crippen molar-refractivity contribution in [1.29, 1.82) is 0 Å². The molecule has 1 fully saturated rings. The zero-order valence-electron chi connectivity index (χ0n) is 16.6. The highest BCUT2D eigenvalue weighted by Gasteiger charge is 2.21. The molecule has 0 saturated carbocycles. The fraction of sp³-hybridized carbons (Fsp3) is 0.409. The Morgan fingerprint density at radius 3 is 2.32 bits per heavy atom. The van der Waals surface area contributed by atoms with Gasteiger partial charge in [0.1, 0.15) is 17.2 Å². The first-order valence-electron chi connectivity index (χ1n) is 9.64. The van der Waals surface area contributed by atoms with Crippen molar-refractivity contribution in [2.45, 2.75) is 12.8 Å². The molecule has 2 aromatic rings. The number of rotatable bonds is 9. The molecule has 0 atom stereocenters. The maximum Gasteiger partial charge on any atom is 0.265 e. The highest BCUT2D eigenvalue weighted by Crippen LogP contribution is 2.28. The molecule has 1 aliphatic heterocycles. The highest BCUT2D eigenvalue weighted by molar-refractivity contribution is 5.95. The molecule has 1 saturated heterocycles. The van der Waals surface area contributed by atoms with Gasteiger partial charge in [0.05, 0.1) is 19.9 Å². The zero-order chi connectivity index (χ0) is 19.8. The molecule has 3 rings (SSSR count). The zero-order valence-corrected chi connectivity index (χ0v) is 16.6. The molecular formula is C22H28N2O4. The Balaban J connectivity index is 1.69. The van der Waals surface area contributed by atoms with E-state index in [0.29, 0.717) is 18.0 Å². The number of hydrogen-bond donors (Lipinski definition) is 0. The van der Waals surface area contributed by atoms with Crippen molar-refractivity contribution in [3.8, 4) is 17.2 Å². The van der Waals surface area contributed by atoms with Crippen LogP contribution in [-0.4, -0.2) is 57.8 Å². The van der Waals surface area contributed by atoms with E-state index in [4.69, 9.17) is 14.2 Å². The average Bonchev–Trinajstić information content (AvgIpc) is 3.26. The van der Waals surface area contributed by atoms with Crippen LogP contribution in [0.4, 0.5) is 5.69 Å². The topological polar surface area (TPSA) is 51.2 Å². The number of para-hydroxylation sites is 2. The molecule has 1 heterocycles. The number of benzene rings is 2. The van der Waals surface area contributed by atoms with Gasteiger partial charge in [-0.3, -0.25) is 4.79 Å². The molecule has 2 aromatic carbocycles. The number of hydrogen-bond acceptors (Lipinski definition) is 5. The first-order chi connectivity index (χ1) is 13.7. The molecule has 150 valence electrons. The fourth-order valence-electron chi connectivity index (χ4n) is 3.37. The lowest BCUT2D eigenvalue weighted by atomic mass is 10.2. The van der Waals surface area contributed by atoms with Gasteiger partial charge in [-0.1, -0.05) is 12.1 Å². The molecule has 0 N–H and O–H groups in total. The van der Waals surface area contributed by atoms with Crippen LogP contribution < -0.4 is 19.1 Å². The van der Waals surface area contributed by atoms with Crippen molar-refractivity contribution in [3.05, 3.63) is 48.5 Å². The summed E-state index contributed by atoms with van der Waals surface area (Å²) < 4.78 is 16.3. The van der Waals surface area contributed by atoms with E-state index in [-0.39, 0.29) is 12.5 Å². The van der Waals surface area contributed by atoms with Gasteiger partial charge >= 0.3 is 0 Å². The number of nitrogens with zero attached hydrogens (tertiary/aromatic N) is 2. The molecule has 0 spiro atoms. The second kappa shape index (κ2) is 9.99. The van der Waals surface area contributed by atoms with Gasteiger partial charge in [0.2, 0.25) is 0 Å². The molecule has 0 bridgehead atoms. The molecule has 1 aliphatic rings. The van der Waals surface area contributed by atoms with Crippen LogP contribution in [0.25, 0.3) is 0 Å². The SMILES string of the molecule is COc1ccc(OCC(=O)N(CCN2CCCC2)c2ccccc2OC)cc1. The standard InChI is InChI=1S/C22H28N2O4/c1-26-18-9-11-19(12-10-18)28-17-22(25)24(16-15-23-13-5-6-14-23)20-7-3-4-8-21(20)27-2/h3-4,7-12H,5-6,13-17H2,1-2H3. The van der Waals surface area contributed by atoms with E-state index in [1.807, 2.05) is 36.4 Å². The van der Waals surface area contributed by atoms with Crippen LogP contribution in [0.15, 0.2) is 48.5 Å². The number of methoxy groups -OCH3 is 2. The van der Waals surface area contributed by atoms with E-state index in [2.05, 4.69) is 4.90 Å². The molecule has 28 heavy (non-hydrogen) atoms. The van der Waals surface area contributed by atoms with Crippen molar-refractivity contribution < 1.29 is 19.0 Å². The van der Waals surface area contributed by atoms with Crippen molar-refractivity contribution in [3.63, 3.8) is 0 Å². The van der Waals surface area contributed by atoms with Gasteiger partial charge in [-0.25, -0.2) is 0 Å². The predicted molar refractivity (Wildman–Crippen MR) is 110 cm³/mol. The summed E-state index contributed by atoms with van der Waals surface area (Å²) in [7, 11) is 3.24. The van der Waals surface area contributed by atoms with E-state index in [1.54, 1.807) is 31.3 Å². The third-order valence-corrected chi connectivity index (χ3v) is 4.94. The third kappa shape index (κ3) is 5.16. The summed E-state index contributed by atoms with van der Waals surface area (Å²) in [6.45, 7) is 3.59. The number of ether oxygens (including phenoxy) is 3. The predicted octanol–water partition coefficient (Wildman–Crippen LogP) is 3.21. The largest absolute Gasteiger partial charge is 0.497 e. The van der Waals surface area contributed by atoms with E-state index < -0.39 is 0 Å². The van der Waals surface area contributed by atoms with Gasteiger partial charge in [0.25, 0.3) is 5.91 Å². The maximum atomic E-state index is 13.0. The Morgan fingerprint density at radius 2 is 1.64 bits per heavy atom. The van der Waals surface area contributed by atoms with Crippen molar-refractivity contribution in [2.75, 3.05) is 51.9 Å². The number of likely N-dealkylation sites (tertiary alicyclic amines) is 1. The van der Waals surface area contributed by atoms with Gasteiger partial charge in [-0.2, -0.15) is 0 Å². The summed E-state index contributed by atoms with van der Waals surface area (Å²) >= 11 is 0. The first-order valence-corrected chi connectivity index (χ1v) is 9.64.